The number of ether oxygens (including phenoxy) is 1. The van der Waals surface area contributed by atoms with Crippen molar-refractivity contribution in [2.24, 2.45) is 5.73 Å². The smallest absolute Gasteiger partial charge is 0.404 e. The van der Waals surface area contributed by atoms with E-state index in [1.165, 1.54) is 0 Å². The molecular weight excluding hydrogens is 356 g/mol. The number of halogens is 2. The van der Waals surface area contributed by atoms with Crippen molar-refractivity contribution in [1.29, 1.82) is 0 Å². The van der Waals surface area contributed by atoms with Crippen LogP contribution in [0.25, 0.3) is 0 Å². The van der Waals surface area contributed by atoms with Crippen LogP contribution < -0.4 is 11.1 Å². The number of hydrogen-bond acceptors (Lipinski definition) is 4. The summed E-state index contributed by atoms with van der Waals surface area (Å²) in [6, 6.07) is 3.62. The van der Waals surface area contributed by atoms with E-state index in [-0.39, 0.29) is 12.4 Å². The van der Waals surface area contributed by atoms with Gasteiger partial charge in [-0.15, -0.1) is 0 Å². The van der Waals surface area contributed by atoms with Gasteiger partial charge in [-0.1, -0.05) is 0 Å². The molecule has 0 unspecified atom stereocenters. The molecule has 0 aliphatic rings. The van der Waals surface area contributed by atoms with E-state index in [0.717, 1.165) is 5.56 Å². The van der Waals surface area contributed by atoms with Gasteiger partial charge in [0.15, 0.2) is 0 Å². The van der Waals surface area contributed by atoms with E-state index in [4.69, 9.17) is 5.73 Å². The SMILES string of the molecule is NC(=O)OCCNCc1cc(Br)c(O)c(Br)c1. The number of hydrogen-bond donors (Lipinski definition) is 3. The zero-order chi connectivity index (χ0) is 12.8. The molecular formula is C10H12Br2N2O3. The van der Waals surface area contributed by atoms with Crippen LogP contribution in [0.3, 0.4) is 0 Å². The van der Waals surface area contributed by atoms with Crippen LogP contribution in [0.1, 0.15) is 5.56 Å². The summed E-state index contributed by atoms with van der Waals surface area (Å²) in [5, 5.41) is 12.6. The van der Waals surface area contributed by atoms with Gasteiger partial charge in [0, 0.05) is 13.1 Å². The second-order valence-electron chi connectivity index (χ2n) is 3.25. The number of aromatic hydroxyl groups is 1. The summed E-state index contributed by atoms with van der Waals surface area (Å²) in [5.74, 6) is 0.172. The van der Waals surface area contributed by atoms with Crippen molar-refractivity contribution in [3.05, 3.63) is 26.6 Å². The molecule has 1 aromatic rings. The highest BCUT2D eigenvalue weighted by molar-refractivity contribution is 9.11. The van der Waals surface area contributed by atoms with Crippen molar-refractivity contribution >= 4 is 38.0 Å². The Morgan fingerprint density at radius 2 is 2.00 bits per heavy atom. The number of rotatable bonds is 5. The van der Waals surface area contributed by atoms with Gasteiger partial charge in [0.1, 0.15) is 12.4 Å². The summed E-state index contributed by atoms with van der Waals surface area (Å²) < 4.78 is 5.81. The van der Waals surface area contributed by atoms with Crippen molar-refractivity contribution in [2.75, 3.05) is 13.2 Å². The largest absolute Gasteiger partial charge is 0.506 e. The minimum absolute atomic E-state index is 0.172. The number of phenolic OH excluding ortho intramolecular Hbond substituents is 1. The van der Waals surface area contributed by atoms with E-state index >= 15 is 0 Å². The molecule has 0 fully saturated rings. The van der Waals surface area contributed by atoms with E-state index in [1.54, 1.807) is 0 Å². The van der Waals surface area contributed by atoms with Gasteiger partial charge in [0.2, 0.25) is 0 Å². The van der Waals surface area contributed by atoms with Gasteiger partial charge in [0.05, 0.1) is 8.95 Å². The first-order valence-electron chi connectivity index (χ1n) is 4.80. The van der Waals surface area contributed by atoms with Crippen LogP contribution in [0.4, 0.5) is 4.79 Å². The molecule has 1 aromatic carbocycles. The topological polar surface area (TPSA) is 84.6 Å². The van der Waals surface area contributed by atoms with Crippen LogP contribution >= 0.6 is 31.9 Å². The molecule has 0 aromatic heterocycles. The molecule has 0 atom stereocenters. The van der Waals surface area contributed by atoms with Crippen molar-refractivity contribution in [3.8, 4) is 5.75 Å². The zero-order valence-electron chi connectivity index (χ0n) is 8.87. The monoisotopic (exact) mass is 366 g/mol. The number of nitrogens with one attached hydrogen (secondary N) is 1. The number of amides is 1. The van der Waals surface area contributed by atoms with Crippen LogP contribution in [0, 0.1) is 0 Å². The summed E-state index contributed by atoms with van der Waals surface area (Å²) in [4.78, 5) is 10.3. The number of nitrogens with two attached hydrogens (primary N) is 1. The lowest BCUT2D eigenvalue weighted by atomic mass is 10.2. The molecule has 0 aliphatic heterocycles. The van der Waals surface area contributed by atoms with Crippen molar-refractivity contribution in [3.63, 3.8) is 0 Å². The highest BCUT2D eigenvalue weighted by Gasteiger charge is 2.05. The zero-order valence-corrected chi connectivity index (χ0v) is 12.0. The predicted octanol–water partition coefficient (Wildman–Crippen LogP) is 2.10. The molecule has 0 saturated carbocycles. The molecule has 1 rings (SSSR count). The van der Waals surface area contributed by atoms with Gasteiger partial charge in [-0.2, -0.15) is 0 Å². The Morgan fingerprint density at radius 1 is 1.41 bits per heavy atom. The van der Waals surface area contributed by atoms with E-state index in [2.05, 4.69) is 41.9 Å². The Morgan fingerprint density at radius 3 is 2.53 bits per heavy atom. The van der Waals surface area contributed by atoms with Crippen molar-refractivity contribution in [2.45, 2.75) is 6.54 Å². The Kier molecular flexibility index (Phi) is 5.73. The number of primary amides is 1. The van der Waals surface area contributed by atoms with E-state index in [9.17, 15) is 9.90 Å². The van der Waals surface area contributed by atoms with E-state index < -0.39 is 6.09 Å². The third-order valence-electron chi connectivity index (χ3n) is 1.93. The van der Waals surface area contributed by atoms with Crippen LogP contribution in [0.2, 0.25) is 0 Å². The fraction of sp³-hybridized carbons (Fsp3) is 0.300. The molecule has 94 valence electrons. The van der Waals surface area contributed by atoms with E-state index in [0.29, 0.717) is 22.0 Å². The molecule has 17 heavy (non-hydrogen) atoms. The minimum atomic E-state index is -0.776. The molecule has 0 radical (unpaired) electrons. The lowest BCUT2D eigenvalue weighted by Crippen LogP contribution is -2.23. The molecule has 1 amide bonds. The number of benzene rings is 1. The molecule has 0 spiro atoms. The van der Waals surface area contributed by atoms with Crippen LogP contribution in [-0.4, -0.2) is 24.4 Å². The second-order valence-corrected chi connectivity index (χ2v) is 4.96. The summed E-state index contributed by atoms with van der Waals surface area (Å²) in [6.45, 7) is 1.34. The maximum atomic E-state index is 10.3. The first kappa shape index (κ1) is 14.3. The quantitative estimate of drug-likeness (QED) is 0.696. The lowest BCUT2D eigenvalue weighted by molar-refractivity contribution is 0.157. The Labute approximate surface area is 116 Å². The molecule has 0 saturated heterocycles. The molecule has 5 nitrogen and oxygen atoms in total. The molecule has 0 aliphatic carbocycles. The fourth-order valence-corrected chi connectivity index (χ4v) is 2.46. The summed E-state index contributed by atoms with van der Waals surface area (Å²) >= 11 is 6.49. The summed E-state index contributed by atoms with van der Waals surface area (Å²) in [7, 11) is 0. The average Bonchev–Trinajstić information content (AvgIpc) is 2.25. The molecule has 0 bridgehead atoms. The fourth-order valence-electron chi connectivity index (χ4n) is 1.18. The van der Waals surface area contributed by atoms with Crippen LogP contribution in [0.5, 0.6) is 5.75 Å². The maximum absolute atomic E-state index is 10.3. The Hall–Kier alpha value is -0.790. The molecule has 0 heterocycles. The van der Waals surface area contributed by atoms with Crippen molar-refractivity contribution in [1.82, 2.24) is 5.32 Å². The number of carbonyl (C=O) groups excluding carboxylic acids is 1. The first-order valence-corrected chi connectivity index (χ1v) is 6.39. The third kappa shape index (κ3) is 4.93. The standard InChI is InChI=1S/C10H12Br2N2O3/c11-7-3-6(4-8(12)9(7)15)5-14-1-2-17-10(13)16/h3-4,14-15H,1-2,5H2,(H2,13,16). The average molecular weight is 368 g/mol. The highest BCUT2D eigenvalue weighted by Crippen LogP contribution is 2.33. The van der Waals surface area contributed by atoms with Gasteiger partial charge in [-0.3, -0.25) is 0 Å². The lowest BCUT2D eigenvalue weighted by Gasteiger charge is -2.07. The van der Waals surface area contributed by atoms with Crippen molar-refractivity contribution < 1.29 is 14.6 Å². The highest BCUT2D eigenvalue weighted by atomic mass is 79.9. The first-order chi connectivity index (χ1) is 8.00. The van der Waals surface area contributed by atoms with Gasteiger partial charge >= 0.3 is 6.09 Å². The minimum Gasteiger partial charge on any atom is -0.506 e. The number of carbonyl (C=O) groups is 1. The summed E-state index contributed by atoms with van der Waals surface area (Å²) in [5.41, 5.74) is 5.80. The Balaban J connectivity index is 2.39. The summed E-state index contributed by atoms with van der Waals surface area (Å²) in [6.07, 6.45) is -0.776. The van der Waals surface area contributed by atoms with Gasteiger partial charge in [-0.05, 0) is 49.6 Å². The number of phenols is 1. The van der Waals surface area contributed by atoms with Crippen LogP contribution in [0.15, 0.2) is 21.1 Å². The van der Waals surface area contributed by atoms with Gasteiger partial charge in [-0.25, -0.2) is 4.79 Å². The van der Waals surface area contributed by atoms with Gasteiger partial charge < -0.3 is 20.9 Å². The second kappa shape index (κ2) is 6.83. The normalized spacial score (nSPS) is 10.2. The van der Waals surface area contributed by atoms with E-state index in [1.807, 2.05) is 12.1 Å². The van der Waals surface area contributed by atoms with Crippen LogP contribution in [-0.2, 0) is 11.3 Å². The molecule has 4 N–H and O–H groups in total. The molecule has 7 heteroatoms. The maximum Gasteiger partial charge on any atom is 0.404 e. The third-order valence-corrected chi connectivity index (χ3v) is 3.14. The Bertz CT molecular complexity index is 390. The van der Waals surface area contributed by atoms with Gasteiger partial charge in [0.25, 0.3) is 0 Å². The predicted molar refractivity (Wildman–Crippen MR) is 70.7 cm³/mol.